The maximum atomic E-state index is 9.04. The van der Waals surface area contributed by atoms with E-state index >= 15 is 0 Å². The Morgan fingerprint density at radius 1 is 1.44 bits per heavy atom. The van der Waals surface area contributed by atoms with E-state index < -0.39 is 0 Å². The van der Waals surface area contributed by atoms with Crippen molar-refractivity contribution in [3.8, 4) is 6.07 Å². The average molecular weight is 216 g/mol. The van der Waals surface area contributed by atoms with E-state index in [4.69, 9.17) is 5.26 Å². The summed E-state index contributed by atoms with van der Waals surface area (Å²) in [7, 11) is 0. The molecule has 0 bridgehead atoms. The summed E-state index contributed by atoms with van der Waals surface area (Å²) in [5.74, 6) is 0. The van der Waals surface area contributed by atoms with Gasteiger partial charge < -0.3 is 5.32 Å². The fraction of sp³-hybridized carbons (Fsp3) is 0.500. The van der Waals surface area contributed by atoms with Gasteiger partial charge in [-0.1, -0.05) is 31.9 Å². The number of benzene rings is 1. The summed E-state index contributed by atoms with van der Waals surface area (Å²) in [6.07, 6.45) is 3.59. The number of unbranched alkanes of at least 4 members (excludes halogenated alkanes) is 1. The number of nitrogens with one attached hydrogen (secondary N) is 1. The molecule has 1 aromatic rings. The number of hydrogen-bond donors (Lipinski definition) is 1. The lowest BCUT2D eigenvalue weighted by Gasteiger charge is -2.17. The van der Waals surface area contributed by atoms with Crippen LogP contribution in [0.25, 0.3) is 0 Å². The van der Waals surface area contributed by atoms with Crippen LogP contribution >= 0.6 is 0 Å². The van der Waals surface area contributed by atoms with Crippen molar-refractivity contribution in [1.29, 1.82) is 5.26 Å². The molecule has 0 aromatic heterocycles. The van der Waals surface area contributed by atoms with Crippen LogP contribution in [-0.4, -0.2) is 6.04 Å². The molecule has 1 N–H and O–H groups in total. The Balaban J connectivity index is 2.76. The average Bonchev–Trinajstić information content (AvgIpc) is 2.29. The first kappa shape index (κ1) is 12.6. The molecule has 0 fully saturated rings. The van der Waals surface area contributed by atoms with Crippen LogP contribution in [0, 0.1) is 18.3 Å². The van der Waals surface area contributed by atoms with Crippen LogP contribution in [0.1, 0.15) is 44.2 Å². The molecule has 0 amide bonds. The third kappa shape index (κ3) is 3.27. The highest BCUT2D eigenvalue weighted by Gasteiger charge is 2.08. The smallest absolute Gasteiger partial charge is 0.101 e. The van der Waals surface area contributed by atoms with Crippen LogP contribution in [0.15, 0.2) is 18.2 Å². The SMILES string of the molecule is CCCCC(C)Nc1c(C)cccc1C#N. The quantitative estimate of drug-likeness (QED) is 0.811. The highest BCUT2D eigenvalue weighted by atomic mass is 14.9. The Morgan fingerprint density at radius 3 is 2.81 bits per heavy atom. The molecule has 0 saturated carbocycles. The second-order valence-electron chi connectivity index (χ2n) is 4.30. The van der Waals surface area contributed by atoms with Crippen LogP contribution in [0.5, 0.6) is 0 Å². The standard InChI is InChI=1S/C14H20N2/c1-4-5-8-12(3)16-14-11(2)7-6-9-13(14)10-15/h6-7,9,12,16H,4-5,8H2,1-3H3. The molecule has 0 spiro atoms. The fourth-order valence-electron chi connectivity index (χ4n) is 1.78. The normalized spacial score (nSPS) is 11.9. The van der Waals surface area contributed by atoms with Gasteiger partial charge in [-0.3, -0.25) is 0 Å². The zero-order valence-corrected chi connectivity index (χ0v) is 10.4. The maximum absolute atomic E-state index is 9.04. The molecule has 0 aliphatic heterocycles. The van der Waals surface area contributed by atoms with E-state index in [0.29, 0.717) is 6.04 Å². The summed E-state index contributed by atoms with van der Waals surface area (Å²) >= 11 is 0. The first-order valence-corrected chi connectivity index (χ1v) is 5.95. The Bertz CT molecular complexity index is 377. The summed E-state index contributed by atoms with van der Waals surface area (Å²) in [6.45, 7) is 6.40. The lowest BCUT2D eigenvalue weighted by Crippen LogP contribution is -2.16. The third-order valence-electron chi connectivity index (χ3n) is 2.77. The van der Waals surface area contributed by atoms with E-state index in [9.17, 15) is 0 Å². The monoisotopic (exact) mass is 216 g/mol. The summed E-state index contributed by atoms with van der Waals surface area (Å²) in [5.41, 5.74) is 2.87. The van der Waals surface area contributed by atoms with Crippen molar-refractivity contribution in [2.24, 2.45) is 0 Å². The largest absolute Gasteiger partial charge is 0.381 e. The van der Waals surface area contributed by atoms with E-state index in [1.807, 2.05) is 25.1 Å². The van der Waals surface area contributed by atoms with Crippen molar-refractivity contribution in [2.45, 2.75) is 46.1 Å². The van der Waals surface area contributed by atoms with Crippen molar-refractivity contribution in [1.82, 2.24) is 0 Å². The minimum atomic E-state index is 0.424. The molecule has 0 radical (unpaired) electrons. The van der Waals surface area contributed by atoms with Crippen molar-refractivity contribution >= 4 is 5.69 Å². The maximum Gasteiger partial charge on any atom is 0.101 e. The number of rotatable bonds is 5. The molecular formula is C14H20N2. The predicted molar refractivity (Wildman–Crippen MR) is 68.5 cm³/mol. The van der Waals surface area contributed by atoms with Crippen LogP contribution in [-0.2, 0) is 0 Å². The van der Waals surface area contributed by atoms with Gasteiger partial charge in [0.05, 0.1) is 11.3 Å². The molecule has 1 aromatic carbocycles. The molecule has 1 atom stereocenters. The van der Waals surface area contributed by atoms with Crippen molar-refractivity contribution in [3.05, 3.63) is 29.3 Å². The molecule has 0 heterocycles. The van der Waals surface area contributed by atoms with E-state index in [0.717, 1.165) is 23.2 Å². The molecule has 0 saturated heterocycles. The molecule has 0 aliphatic carbocycles. The highest BCUT2D eigenvalue weighted by molar-refractivity contribution is 5.62. The zero-order valence-electron chi connectivity index (χ0n) is 10.4. The summed E-state index contributed by atoms with van der Waals surface area (Å²) < 4.78 is 0. The van der Waals surface area contributed by atoms with Crippen molar-refractivity contribution < 1.29 is 0 Å². The van der Waals surface area contributed by atoms with Crippen molar-refractivity contribution in [2.75, 3.05) is 5.32 Å². The first-order chi connectivity index (χ1) is 7.69. The van der Waals surface area contributed by atoms with E-state index in [1.54, 1.807) is 0 Å². The van der Waals surface area contributed by atoms with Gasteiger partial charge >= 0.3 is 0 Å². The predicted octanol–water partition coefficient (Wildman–Crippen LogP) is 3.86. The van der Waals surface area contributed by atoms with Gasteiger partial charge in [-0.25, -0.2) is 0 Å². The van der Waals surface area contributed by atoms with Crippen LogP contribution < -0.4 is 5.32 Å². The first-order valence-electron chi connectivity index (χ1n) is 5.95. The van der Waals surface area contributed by atoms with Gasteiger partial charge in [0.2, 0.25) is 0 Å². The molecule has 1 unspecified atom stereocenters. The van der Waals surface area contributed by atoms with Gasteiger partial charge in [0, 0.05) is 6.04 Å². The number of para-hydroxylation sites is 1. The Hall–Kier alpha value is -1.49. The van der Waals surface area contributed by atoms with Crippen molar-refractivity contribution in [3.63, 3.8) is 0 Å². The van der Waals surface area contributed by atoms with Crippen LogP contribution in [0.4, 0.5) is 5.69 Å². The Kier molecular flexibility index (Phi) is 4.85. The molecular weight excluding hydrogens is 196 g/mol. The van der Waals surface area contributed by atoms with Crippen LogP contribution in [0.3, 0.4) is 0 Å². The number of anilines is 1. The van der Waals surface area contributed by atoms with Gasteiger partial charge in [0.15, 0.2) is 0 Å². The van der Waals surface area contributed by atoms with Gasteiger partial charge in [0.1, 0.15) is 6.07 Å². The Labute approximate surface area is 98.3 Å². The summed E-state index contributed by atoms with van der Waals surface area (Å²) in [5, 5.41) is 12.5. The van der Waals surface area contributed by atoms with E-state index in [1.165, 1.54) is 12.8 Å². The second-order valence-corrected chi connectivity index (χ2v) is 4.30. The zero-order chi connectivity index (χ0) is 12.0. The minimum absolute atomic E-state index is 0.424. The minimum Gasteiger partial charge on any atom is -0.381 e. The van der Waals surface area contributed by atoms with Crippen LogP contribution in [0.2, 0.25) is 0 Å². The number of nitrogens with zero attached hydrogens (tertiary/aromatic N) is 1. The topological polar surface area (TPSA) is 35.8 Å². The highest BCUT2D eigenvalue weighted by Crippen LogP contribution is 2.21. The number of nitriles is 1. The molecule has 1 rings (SSSR count). The Morgan fingerprint density at radius 2 is 2.19 bits per heavy atom. The van der Waals surface area contributed by atoms with E-state index in [2.05, 4.69) is 25.2 Å². The molecule has 16 heavy (non-hydrogen) atoms. The molecule has 0 aliphatic rings. The number of hydrogen-bond acceptors (Lipinski definition) is 2. The molecule has 2 nitrogen and oxygen atoms in total. The van der Waals surface area contributed by atoms with Gasteiger partial charge in [-0.15, -0.1) is 0 Å². The fourth-order valence-corrected chi connectivity index (χ4v) is 1.78. The lowest BCUT2D eigenvalue weighted by molar-refractivity contribution is 0.644. The van der Waals surface area contributed by atoms with Gasteiger partial charge in [-0.05, 0) is 31.9 Å². The summed E-state index contributed by atoms with van der Waals surface area (Å²) in [4.78, 5) is 0. The lowest BCUT2D eigenvalue weighted by atomic mass is 10.1. The van der Waals surface area contributed by atoms with Gasteiger partial charge in [0.25, 0.3) is 0 Å². The van der Waals surface area contributed by atoms with E-state index in [-0.39, 0.29) is 0 Å². The molecule has 86 valence electrons. The summed E-state index contributed by atoms with van der Waals surface area (Å²) in [6, 6.07) is 8.49. The second kappa shape index (κ2) is 6.17. The third-order valence-corrected chi connectivity index (χ3v) is 2.77. The molecule has 2 heteroatoms. The van der Waals surface area contributed by atoms with Gasteiger partial charge in [-0.2, -0.15) is 5.26 Å². The number of aryl methyl sites for hydroxylation is 1.